The molecular formula is C21H16O6. The summed E-state index contributed by atoms with van der Waals surface area (Å²) in [6.07, 6.45) is 0. The highest BCUT2D eigenvalue weighted by molar-refractivity contribution is 6.25. The van der Waals surface area contributed by atoms with Gasteiger partial charge in [-0.15, -0.1) is 0 Å². The van der Waals surface area contributed by atoms with Crippen LogP contribution in [0.4, 0.5) is 0 Å². The van der Waals surface area contributed by atoms with Crippen molar-refractivity contribution >= 4 is 22.7 Å². The van der Waals surface area contributed by atoms with Gasteiger partial charge in [0.15, 0.2) is 0 Å². The molecule has 0 saturated heterocycles. The van der Waals surface area contributed by atoms with Crippen molar-refractivity contribution in [3.05, 3.63) is 53.6 Å². The molecule has 0 spiro atoms. The number of hydrogen-bond donors (Lipinski definition) is 0. The molecule has 0 amide bonds. The molecule has 3 aromatic rings. The maximum Gasteiger partial charge on any atom is 0.350 e. The van der Waals surface area contributed by atoms with Gasteiger partial charge in [-0.2, -0.15) is 0 Å². The quantitative estimate of drug-likeness (QED) is 0.517. The van der Waals surface area contributed by atoms with Gasteiger partial charge in [-0.05, 0) is 41.3 Å². The van der Waals surface area contributed by atoms with Crippen LogP contribution in [-0.2, 0) is 4.74 Å². The van der Waals surface area contributed by atoms with E-state index in [-0.39, 0.29) is 11.1 Å². The van der Waals surface area contributed by atoms with Crippen LogP contribution in [0.25, 0.3) is 21.9 Å². The molecule has 136 valence electrons. The molecule has 27 heavy (non-hydrogen) atoms. The summed E-state index contributed by atoms with van der Waals surface area (Å²) in [6.45, 7) is 0. The summed E-state index contributed by atoms with van der Waals surface area (Å²) >= 11 is 0. The molecule has 3 aromatic carbocycles. The van der Waals surface area contributed by atoms with E-state index in [1.807, 2.05) is 18.2 Å². The fourth-order valence-electron chi connectivity index (χ4n) is 3.42. The molecule has 0 N–H and O–H groups in total. The first kappa shape index (κ1) is 16.9. The zero-order valence-electron chi connectivity index (χ0n) is 15.0. The second kappa shape index (κ2) is 6.32. The molecule has 6 nitrogen and oxygen atoms in total. The van der Waals surface area contributed by atoms with Crippen molar-refractivity contribution in [3.8, 4) is 28.4 Å². The Labute approximate surface area is 155 Å². The molecule has 0 bridgehead atoms. The second-order valence-corrected chi connectivity index (χ2v) is 5.98. The molecular weight excluding hydrogens is 348 g/mol. The Morgan fingerprint density at radius 1 is 0.667 bits per heavy atom. The lowest BCUT2D eigenvalue weighted by Gasteiger charge is -2.16. The lowest BCUT2D eigenvalue weighted by atomic mass is 9.89. The Bertz CT molecular complexity index is 1080. The Hall–Kier alpha value is -3.54. The van der Waals surface area contributed by atoms with E-state index >= 15 is 0 Å². The third-order valence-electron chi connectivity index (χ3n) is 4.64. The monoisotopic (exact) mass is 364 g/mol. The van der Waals surface area contributed by atoms with E-state index in [0.29, 0.717) is 28.2 Å². The van der Waals surface area contributed by atoms with Crippen LogP contribution >= 0.6 is 0 Å². The number of fused-ring (bicyclic) bond motifs is 2. The third-order valence-corrected chi connectivity index (χ3v) is 4.64. The number of hydrogen-bond acceptors (Lipinski definition) is 6. The fraction of sp³-hybridized carbons (Fsp3) is 0.143. The third kappa shape index (κ3) is 2.49. The molecule has 6 heteroatoms. The van der Waals surface area contributed by atoms with Gasteiger partial charge in [-0.25, -0.2) is 9.59 Å². The molecule has 1 heterocycles. The number of carbonyl (C=O) groups is 2. The summed E-state index contributed by atoms with van der Waals surface area (Å²) < 4.78 is 20.9. The molecule has 0 aliphatic carbocycles. The van der Waals surface area contributed by atoms with Gasteiger partial charge >= 0.3 is 11.9 Å². The number of carbonyl (C=O) groups excluding carboxylic acids is 2. The van der Waals surface area contributed by atoms with E-state index in [1.54, 1.807) is 38.5 Å². The van der Waals surface area contributed by atoms with Crippen molar-refractivity contribution in [2.24, 2.45) is 0 Å². The Kier molecular flexibility index (Phi) is 3.96. The fourth-order valence-corrected chi connectivity index (χ4v) is 3.42. The Morgan fingerprint density at radius 2 is 1.30 bits per heavy atom. The van der Waals surface area contributed by atoms with Gasteiger partial charge in [0.2, 0.25) is 0 Å². The van der Waals surface area contributed by atoms with Gasteiger partial charge in [0.25, 0.3) is 0 Å². The minimum atomic E-state index is -0.709. The average molecular weight is 364 g/mol. The molecule has 0 unspecified atom stereocenters. The highest BCUT2D eigenvalue weighted by Crippen LogP contribution is 2.45. The average Bonchev–Trinajstić information content (AvgIpc) is 2.99. The highest BCUT2D eigenvalue weighted by atomic mass is 16.6. The van der Waals surface area contributed by atoms with Crippen molar-refractivity contribution in [1.82, 2.24) is 0 Å². The predicted molar refractivity (Wildman–Crippen MR) is 98.8 cm³/mol. The number of esters is 2. The Balaban J connectivity index is 2.16. The van der Waals surface area contributed by atoms with Crippen LogP contribution in [0.15, 0.2) is 42.5 Å². The van der Waals surface area contributed by atoms with Gasteiger partial charge in [-0.3, -0.25) is 0 Å². The van der Waals surface area contributed by atoms with Gasteiger partial charge in [-0.1, -0.05) is 12.1 Å². The smallest absolute Gasteiger partial charge is 0.350 e. The van der Waals surface area contributed by atoms with Crippen molar-refractivity contribution in [2.75, 3.05) is 21.3 Å². The minimum Gasteiger partial charge on any atom is -0.497 e. The largest absolute Gasteiger partial charge is 0.497 e. The van der Waals surface area contributed by atoms with E-state index < -0.39 is 11.9 Å². The lowest BCUT2D eigenvalue weighted by molar-refractivity contribution is 0.0443. The molecule has 4 rings (SSSR count). The van der Waals surface area contributed by atoms with E-state index in [2.05, 4.69) is 0 Å². The van der Waals surface area contributed by atoms with E-state index in [1.165, 1.54) is 7.11 Å². The van der Waals surface area contributed by atoms with Crippen LogP contribution in [0.5, 0.6) is 17.2 Å². The molecule has 0 radical (unpaired) electrons. The zero-order valence-corrected chi connectivity index (χ0v) is 15.0. The van der Waals surface area contributed by atoms with Gasteiger partial charge in [0, 0.05) is 10.9 Å². The Morgan fingerprint density at radius 3 is 1.93 bits per heavy atom. The summed E-state index contributed by atoms with van der Waals surface area (Å²) in [5, 5.41) is 1.41. The van der Waals surface area contributed by atoms with Crippen LogP contribution in [0.2, 0.25) is 0 Å². The SMILES string of the molecule is COc1ccc(-c2c3c(c(OC)c4ccc(OC)cc24)C(=O)OC3=O)cc1. The van der Waals surface area contributed by atoms with Crippen molar-refractivity contribution in [3.63, 3.8) is 0 Å². The van der Waals surface area contributed by atoms with E-state index in [9.17, 15) is 9.59 Å². The lowest BCUT2D eigenvalue weighted by Crippen LogP contribution is -2.02. The van der Waals surface area contributed by atoms with Crippen molar-refractivity contribution in [2.45, 2.75) is 0 Å². The van der Waals surface area contributed by atoms with Crippen LogP contribution in [0, 0.1) is 0 Å². The van der Waals surface area contributed by atoms with Crippen LogP contribution in [0.1, 0.15) is 20.7 Å². The van der Waals surface area contributed by atoms with Crippen molar-refractivity contribution in [1.29, 1.82) is 0 Å². The standard InChI is InChI=1S/C21H16O6/c1-24-12-6-4-11(5-7-12)16-15-10-13(25-2)8-9-14(15)19(26-3)18-17(16)20(22)27-21(18)23/h4-10H,1-3H3. The number of ether oxygens (including phenoxy) is 4. The normalized spacial score (nSPS) is 12.7. The first-order chi connectivity index (χ1) is 13.1. The van der Waals surface area contributed by atoms with Gasteiger partial charge in [0.05, 0.1) is 26.9 Å². The number of cyclic esters (lactones) is 2. The zero-order chi connectivity index (χ0) is 19.1. The van der Waals surface area contributed by atoms with Gasteiger partial charge < -0.3 is 18.9 Å². The minimum absolute atomic E-state index is 0.144. The number of rotatable bonds is 4. The topological polar surface area (TPSA) is 71.1 Å². The summed E-state index contributed by atoms with van der Waals surface area (Å²) in [6, 6.07) is 12.6. The number of methoxy groups -OCH3 is 3. The van der Waals surface area contributed by atoms with Crippen molar-refractivity contribution < 1.29 is 28.5 Å². The number of benzene rings is 3. The molecule has 0 fully saturated rings. The predicted octanol–water partition coefficient (Wildman–Crippen LogP) is 3.84. The maximum absolute atomic E-state index is 12.5. The molecule has 0 saturated carbocycles. The summed E-state index contributed by atoms with van der Waals surface area (Å²) in [5.41, 5.74) is 1.69. The highest BCUT2D eigenvalue weighted by Gasteiger charge is 2.38. The summed E-state index contributed by atoms with van der Waals surface area (Å²) in [5.74, 6) is 0.223. The molecule has 0 aromatic heterocycles. The molecule has 1 aliphatic heterocycles. The summed E-state index contributed by atoms with van der Waals surface area (Å²) in [4.78, 5) is 24.8. The van der Waals surface area contributed by atoms with Crippen LogP contribution < -0.4 is 14.2 Å². The van der Waals surface area contributed by atoms with E-state index in [4.69, 9.17) is 18.9 Å². The molecule has 1 aliphatic rings. The molecule has 0 atom stereocenters. The maximum atomic E-state index is 12.5. The second-order valence-electron chi connectivity index (χ2n) is 5.98. The van der Waals surface area contributed by atoms with E-state index in [0.717, 1.165) is 10.9 Å². The first-order valence-electron chi connectivity index (χ1n) is 8.21. The van der Waals surface area contributed by atoms with Crippen LogP contribution in [-0.4, -0.2) is 33.3 Å². The summed E-state index contributed by atoms with van der Waals surface area (Å²) in [7, 11) is 4.61. The van der Waals surface area contributed by atoms with Gasteiger partial charge in [0.1, 0.15) is 22.8 Å². The van der Waals surface area contributed by atoms with Crippen LogP contribution in [0.3, 0.4) is 0 Å². The first-order valence-corrected chi connectivity index (χ1v) is 8.21.